The molecule has 0 spiro atoms. The first-order valence-electron chi connectivity index (χ1n) is 6.91. The van der Waals surface area contributed by atoms with Crippen LogP contribution in [0, 0.1) is 20.8 Å². The predicted molar refractivity (Wildman–Crippen MR) is 91.6 cm³/mol. The molecule has 0 radical (unpaired) electrons. The minimum Gasteiger partial charge on any atom is -0.325 e. The normalized spacial score (nSPS) is 12.0. The van der Waals surface area contributed by atoms with E-state index in [2.05, 4.69) is 15.3 Å². The second kappa shape index (κ2) is 7.11. The van der Waals surface area contributed by atoms with Gasteiger partial charge in [0.25, 0.3) is 0 Å². The Morgan fingerprint density at radius 2 is 1.86 bits per heavy atom. The van der Waals surface area contributed by atoms with Crippen LogP contribution in [0.3, 0.4) is 0 Å². The van der Waals surface area contributed by atoms with Crippen LogP contribution in [0.1, 0.15) is 23.9 Å². The maximum atomic E-state index is 12.2. The molecule has 22 heavy (non-hydrogen) atoms. The van der Waals surface area contributed by atoms with E-state index in [9.17, 15) is 4.79 Å². The van der Waals surface area contributed by atoms with Gasteiger partial charge in [0, 0.05) is 22.1 Å². The molecule has 1 aromatic carbocycles. The van der Waals surface area contributed by atoms with Gasteiger partial charge in [0.05, 0.1) is 5.25 Å². The van der Waals surface area contributed by atoms with Gasteiger partial charge in [-0.05, 0) is 51.5 Å². The summed E-state index contributed by atoms with van der Waals surface area (Å²) in [6.45, 7) is 7.72. The Balaban J connectivity index is 2.05. The zero-order chi connectivity index (χ0) is 16.3. The Bertz CT molecular complexity index is 683. The monoisotopic (exact) mass is 335 g/mol. The molecule has 116 valence electrons. The van der Waals surface area contributed by atoms with Gasteiger partial charge in [-0.2, -0.15) is 0 Å². The first-order valence-corrected chi connectivity index (χ1v) is 8.17. The van der Waals surface area contributed by atoms with Crippen molar-refractivity contribution in [3.63, 3.8) is 0 Å². The van der Waals surface area contributed by atoms with Crippen LogP contribution in [0.25, 0.3) is 0 Å². The number of amides is 1. The molecule has 0 fully saturated rings. The third-order valence-electron chi connectivity index (χ3n) is 3.36. The summed E-state index contributed by atoms with van der Waals surface area (Å²) in [7, 11) is 0. The highest BCUT2D eigenvalue weighted by Gasteiger charge is 2.17. The van der Waals surface area contributed by atoms with E-state index in [-0.39, 0.29) is 11.2 Å². The van der Waals surface area contributed by atoms with Crippen LogP contribution in [0.2, 0.25) is 5.02 Å². The van der Waals surface area contributed by atoms with Gasteiger partial charge in [0.2, 0.25) is 5.91 Å². The lowest BCUT2D eigenvalue weighted by Crippen LogP contribution is -2.22. The van der Waals surface area contributed by atoms with Gasteiger partial charge in [-0.1, -0.05) is 29.4 Å². The van der Waals surface area contributed by atoms with E-state index in [4.69, 9.17) is 11.6 Å². The van der Waals surface area contributed by atoms with Crippen molar-refractivity contribution in [2.24, 2.45) is 0 Å². The van der Waals surface area contributed by atoms with Crippen molar-refractivity contribution in [1.29, 1.82) is 0 Å². The number of carbonyl (C=O) groups excluding carboxylic acids is 1. The topological polar surface area (TPSA) is 54.9 Å². The van der Waals surface area contributed by atoms with E-state index in [0.717, 1.165) is 17.0 Å². The SMILES string of the molecule is Cc1nc(S[C@@H](C)C(=O)Nc2cccc(Cl)c2)nc(C)c1C. The minimum atomic E-state index is -0.305. The Hall–Kier alpha value is -1.59. The predicted octanol–water partition coefficient (Wildman–Crippen LogP) is 4.17. The fourth-order valence-corrected chi connectivity index (χ4v) is 2.87. The average molecular weight is 336 g/mol. The van der Waals surface area contributed by atoms with Gasteiger partial charge in [-0.15, -0.1) is 0 Å². The number of aryl methyl sites for hydroxylation is 2. The molecular formula is C16H18ClN3OS. The number of thioether (sulfide) groups is 1. The van der Waals surface area contributed by atoms with Crippen LogP contribution in [-0.4, -0.2) is 21.1 Å². The van der Waals surface area contributed by atoms with Gasteiger partial charge in [-0.25, -0.2) is 9.97 Å². The summed E-state index contributed by atoms with van der Waals surface area (Å²) >= 11 is 7.26. The molecule has 2 rings (SSSR count). The van der Waals surface area contributed by atoms with Crippen LogP contribution in [0.5, 0.6) is 0 Å². The quantitative estimate of drug-likeness (QED) is 0.673. The van der Waals surface area contributed by atoms with Crippen LogP contribution in [-0.2, 0) is 4.79 Å². The summed E-state index contributed by atoms with van der Waals surface area (Å²) < 4.78 is 0. The zero-order valence-corrected chi connectivity index (χ0v) is 14.5. The summed E-state index contributed by atoms with van der Waals surface area (Å²) in [6.07, 6.45) is 0. The molecule has 1 N–H and O–H groups in total. The number of hydrogen-bond acceptors (Lipinski definition) is 4. The maximum Gasteiger partial charge on any atom is 0.237 e. The molecule has 0 bridgehead atoms. The molecule has 4 nitrogen and oxygen atoms in total. The summed E-state index contributed by atoms with van der Waals surface area (Å²) in [4.78, 5) is 21.1. The van der Waals surface area contributed by atoms with E-state index in [1.165, 1.54) is 11.8 Å². The van der Waals surface area contributed by atoms with Gasteiger partial charge >= 0.3 is 0 Å². The Morgan fingerprint density at radius 1 is 1.23 bits per heavy atom. The van der Waals surface area contributed by atoms with E-state index in [0.29, 0.717) is 15.9 Å². The van der Waals surface area contributed by atoms with Crippen molar-refractivity contribution in [1.82, 2.24) is 9.97 Å². The lowest BCUT2D eigenvalue weighted by molar-refractivity contribution is -0.115. The highest BCUT2D eigenvalue weighted by atomic mass is 35.5. The van der Waals surface area contributed by atoms with Gasteiger partial charge < -0.3 is 5.32 Å². The van der Waals surface area contributed by atoms with E-state index >= 15 is 0 Å². The van der Waals surface area contributed by atoms with Gasteiger partial charge in [-0.3, -0.25) is 4.79 Å². The number of aromatic nitrogens is 2. The molecule has 0 aliphatic rings. The molecule has 6 heteroatoms. The summed E-state index contributed by atoms with van der Waals surface area (Å²) in [5, 5.41) is 3.75. The molecule has 1 amide bonds. The Kier molecular flexibility index (Phi) is 5.42. The summed E-state index contributed by atoms with van der Waals surface area (Å²) in [6, 6.07) is 7.08. The smallest absolute Gasteiger partial charge is 0.237 e. The van der Waals surface area contributed by atoms with Gasteiger partial charge in [0.1, 0.15) is 0 Å². The van der Waals surface area contributed by atoms with E-state index in [1.807, 2.05) is 27.7 Å². The third kappa shape index (κ3) is 4.21. The van der Waals surface area contributed by atoms with Crippen molar-refractivity contribution < 1.29 is 4.79 Å². The van der Waals surface area contributed by atoms with Crippen LogP contribution in [0.4, 0.5) is 5.69 Å². The number of halogens is 1. The lowest BCUT2D eigenvalue weighted by Gasteiger charge is -2.12. The minimum absolute atomic E-state index is 0.105. The largest absolute Gasteiger partial charge is 0.325 e. The molecule has 0 aliphatic carbocycles. The molecule has 0 aliphatic heterocycles. The number of rotatable bonds is 4. The number of hydrogen-bond donors (Lipinski definition) is 1. The molecule has 0 saturated carbocycles. The second-order valence-electron chi connectivity index (χ2n) is 5.06. The highest BCUT2D eigenvalue weighted by Crippen LogP contribution is 2.23. The number of anilines is 1. The fourth-order valence-electron chi connectivity index (χ4n) is 1.82. The lowest BCUT2D eigenvalue weighted by atomic mass is 10.2. The maximum absolute atomic E-state index is 12.2. The van der Waals surface area contributed by atoms with Crippen molar-refractivity contribution in [2.75, 3.05) is 5.32 Å². The molecule has 1 heterocycles. The van der Waals surface area contributed by atoms with Crippen molar-refractivity contribution in [2.45, 2.75) is 38.1 Å². The third-order valence-corrected chi connectivity index (χ3v) is 4.55. The number of benzene rings is 1. The molecular weight excluding hydrogens is 318 g/mol. The Labute approximate surface area is 139 Å². The molecule has 0 unspecified atom stereocenters. The molecule has 0 saturated heterocycles. The fraction of sp³-hybridized carbons (Fsp3) is 0.312. The summed E-state index contributed by atoms with van der Waals surface area (Å²) in [5.74, 6) is -0.105. The molecule has 1 aromatic heterocycles. The Morgan fingerprint density at radius 3 is 2.45 bits per heavy atom. The van der Waals surface area contributed by atoms with Crippen LogP contribution >= 0.6 is 23.4 Å². The second-order valence-corrected chi connectivity index (χ2v) is 6.81. The zero-order valence-electron chi connectivity index (χ0n) is 13.0. The number of nitrogens with zero attached hydrogens (tertiary/aromatic N) is 2. The van der Waals surface area contributed by atoms with Crippen LogP contribution < -0.4 is 5.32 Å². The number of nitrogens with one attached hydrogen (secondary N) is 1. The standard InChI is InChI=1S/C16H18ClN3OS/c1-9-10(2)18-16(19-11(9)3)22-12(4)15(21)20-14-7-5-6-13(17)8-14/h5-8,12H,1-4H3,(H,20,21)/t12-/m0/s1. The van der Waals surface area contributed by atoms with Crippen molar-refractivity contribution >= 4 is 35.0 Å². The first-order chi connectivity index (χ1) is 10.4. The highest BCUT2D eigenvalue weighted by molar-refractivity contribution is 8.00. The van der Waals surface area contributed by atoms with Gasteiger partial charge in [0.15, 0.2) is 5.16 Å². The summed E-state index contributed by atoms with van der Waals surface area (Å²) in [5.41, 5.74) is 3.65. The molecule has 1 atom stereocenters. The number of carbonyl (C=O) groups is 1. The first kappa shape index (κ1) is 16.8. The van der Waals surface area contributed by atoms with Crippen molar-refractivity contribution in [3.8, 4) is 0 Å². The molecule has 2 aromatic rings. The average Bonchev–Trinajstić information content (AvgIpc) is 2.44. The van der Waals surface area contributed by atoms with Crippen molar-refractivity contribution in [3.05, 3.63) is 46.2 Å². The van der Waals surface area contributed by atoms with E-state index in [1.54, 1.807) is 24.3 Å². The van der Waals surface area contributed by atoms with E-state index < -0.39 is 0 Å². The van der Waals surface area contributed by atoms with Crippen LogP contribution in [0.15, 0.2) is 29.4 Å².